The number of hydrogen-bond acceptors (Lipinski definition) is 3. The van der Waals surface area contributed by atoms with Gasteiger partial charge in [-0.3, -0.25) is 9.59 Å². The average Bonchev–Trinajstić information content (AvgIpc) is 3.41. The number of carbonyl (C=O) groups is 2. The van der Waals surface area contributed by atoms with E-state index < -0.39 is 0 Å². The molecule has 0 unspecified atom stereocenters. The molecule has 0 saturated carbocycles. The minimum atomic E-state index is -0.0536. The summed E-state index contributed by atoms with van der Waals surface area (Å²) in [6.07, 6.45) is 3.33. The van der Waals surface area contributed by atoms with Gasteiger partial charge in [-0.2, -0.15) is 0 Å². The van der Waals surface area contributed by atoms with Crippen molar-refractivity contribution in [2.45, 2.75) is 19.4 Å². The fourth-order valence-electron chi connectivity index (χ4n) is 3.59. The molecule has 144 valence electrons. The number of nitrogens with zero attached hydrogens (tertiary/aromatic N) is 2. The second-order valence-corrected chi connectivity index (χ2v) is 8.05. The molecule has 2 amide bonds. The zero-order valence-corrected chi connectivity index (χ0v) is 16.4. The van der Waals surface area contributed by atoms with E-state index in [4.69, 9.17) is 0 Å². The number of anilines is 1. The van der Waals surface area contributed by atoms with Crippen molar-refractivity contribution in [2.24, 2.45) is 5.92 Å². The van der Waals surface area contributed by atoms with Gasteiger partial charge in [0.2, 0.25) is 5.91 Å². The topological polar surface area (TPSA) is 54.3 Å². The van der Waals surface area contributed by atoms with Crippen molar-refractivity contribution in [2.75, 3.05) is 18.4 Å². The van der Waals surface area contributed by atoms with Gasteiger partial charge in [-0.15, -0.1) is 11.3 Å². The number of nitrogens with one attached hydrogen (secondary N) is 1. The van der Waals surface area contributed by atoms with E-state index in [0.717, 1.165) is 5.69 Å². The zero-order valence-electron chi connectivity index (χ0n) is 15.6. The maximum absolute atomic E-state index is 13.0. The van der Waals surface area contributed by atoms with Crippen LogP contribution in [0.4, 0.5) is 5.69 Å². The Morgan fingerprint density at radius 1 is 1.00 bits per heavy atom. The third-order valence-corrected chi connectivity index (χ3v) is 6.01. The van der Waals surface area contributed by atoms with Gasteiger partial charge in [0.1, 0.15) is 5.69 Å². The summed E-state index contributed by atoms with van der Waals surface area (Å²) in [5.74, 6) is 0.0324. The van der Waals surface area contributed by atoms with Gasteiger partial charge < -0.3 is 14.8 Å². The highest BCUT2D eigenvalue weighted by Crippen LogP contribution is 2.22. The minimum Gasteiger partial charge on any atom is -0.338 e. The second-order valence-electron chi connectivity index (χ2n) is 7.02. The molecule has 1 aromatic carbocycles. The van der Waals surface area contributed by atoms with Crippen LogP contribution >= 0.6 is 11.3 Å². The maximum Gasteiger partial charge on any atom is 0.270 e. The Kier molecular flexibility index (Phi) is 5.58. The lowest BCUT2D eigenvalue weighted by molar-refractivity contribution is -0.121. The van der Waals surface area contributed by atoms with Crippen LogP contribution in [0.3, 0.4) is 0 Å². The first kappa shape index (κ1) is 18.5. The summed E-state index contributed by atoms with van der Waals surface area (Å²) < 4.78 is 2.00. The number of likely N-dealkylation sites (tertiary alicyclic amines) is 1. The quantitative estimate of drug-likeness (QED) is 0.710. The van der Waals surface area contributed by atoms with Gasteiger partial charge in [-0.05, 0) is 48.6 Å². The molecule has 4 rings (SSSR count). The fourth-order valence-corrected chi connectivity index (χ4v) is 4.29. The van der Waals surface area contributed by atoms with Crippen molar-refractivity contribution >= 4 is 28.8 Å². The van der Waals surface area contributed by atoms with Crippen LogP contribution in [-0.2, 0) is 11.3 Å². The van der Waals surface area contributed by atoms with Crippen LogP contribution in [0.2, 0.25) is 0 Å². The van der Waals surface area contributed by atoms with Gasteiger partial charge in [0, 0.05) is 35.8 Å². The van der Waals surface area contributed by atoms with E-state index in [0.29, 0.717) is 38.2 Å². The lowest BCUT2D eigenvalue weighted by atomic mass is 9.95. The standard InChI is InChI=1S/C22H23N3O2S/c26-21(23-18-6-2-1-3-7-18)17-10-13-24(14-11-17)22(27)20-9-4-12-25(20)16-19-8-5-15-28-19/h1-9,12,15,17H,10-11,13-14,16H2,(H,23,26). The molecule has 1 N–H and O–H groups in total. The highest BCUT2D eigenvalue weighted by atomic mass is 32.1. The van der Waals surface area contributed by atoms with E-state index in [9.17, 15) is 9.59 Å². The van der Waals surface area contributed by atoms with Gasteiger partial charge in [0.15, 0.2) is 0 Å². The van der Waals surface area contributed by atoms with Gasteiger partial charge in [-0.25, -0.2) is 0 Å². The number of para-hydroxylation sites is 1. The number of piperidine rings is 1. The summed E-state index contributed by atoms with van der Waals surface area (Å²) in [5.41, 5.74) is 1.53. The molecule has 1 saturated heterocycles. The van der Waals surface area contributed by atoms with E-state index in [1.165, 1.54) is 4.88 Å². The van der Waals surface area contributed by atoms with Crippen molar-refractivity contribution in [3.05, 3.63) is 76.7 Å². The summed E-state index contributed by atoms with van der Waals surface area (Å²) in [7, 11) is 0. The first-order valence-corrected chi connectivity index (χ1v) is 10.4. The van der Waals surface area contributed by atoms with Crippen LogP contribution in [-0.4, -0.2) is 34.4 Å². The lowest BCUT2D eigenvalue weighted by Gasteiger charge is -2.31. The van der Waals surface area contributed by atoms with Crippen LogP contribution in [0, 0.1) is 5.92 Å². The Balaban J connectivity index is 1.34. The molecule has 0 radical (unpaired) electrons. The van der Waals surface area contributed by atoms with E-state index in [-0.39, 0.29) is 17.7 Å². The molecule has 2 aromatic heterocycles. The molecule has 1 fully saturated rings. The molecule has 3 heterocycles. The van der Waals surface area contributed by atoms with E-state index >= 15 is 0 Å². The summed E-state index contributed by atoms with van der Waals surface area (Å²) in [6, 6.07) is 17.4. The average molecular weight is 394 g/mol. The number of benzene rings is 1. The molecule has 3 aromatic rings. The Morgan fingerprint density at radius 3 is 2.50 bits per heavy atom. The first-order valence-electron chi connectivity index (χ1n) is 9.53. The van der Waals surface area contributed by atoms with E-state index in [2.05, 4.69) is 11.4 Å². The van der Waals surface area contributed by atoms with Crippen molar-refractivity contribution in [3.8, 4) is 0 Å². The Bertz CT molecular complexity index is 926. The third-order valence-electron chi connectivity index (χ3n) is 5.15. The monoisotopic (exact) mass is 393 g/mol. The second kappa shape index (κ2) is 8.44. The van der Waals surface area contributed by atoms with Crippen LogP contribution < -0.4 is 5.32 Å². The van der Waals surface area contributed by atoms with Crippen LogP contribution in [0.15, 0.2) is 66.2 Å². The molecule has 0 atom stereocenters. The normalized spacial score (nSPS) is 14.8. The predicted molar refractivity (Wildman–Crippen MR) is 112 cm³/mol. The van der Waals surface area contributed by atoms with Gasteiger partial charge in [0.25, 0.3) is 5.91 Å². The fraction of sp³-hybridized carbons (Fsp3) is 0.273. The Labute approximate surface area is 168 Å². The van der Waals surface area contributed by atoms with Crippen molar-refractivity contribution < 1.29 is 9.59 Å². The largest absolute Gasteiger partial charge is 0.338 e. The molecule has 0 aliphatic carbocycles. The minimum absolute atomic E-state index is 0.0411. The van der Waals surface area contributed by atoms with Gasteiger partial charge in [0.05, 0.1) is 6.54 Å². The summed E-state index contributed by atoms with van der Waals surface area (Å²) in [4.78, 5) is 28.6. The molecule has 28 heavy (non-hydrogen) atoms. The number of aromatic nitrogens is 1. The zero-order chi connectivity index (χ0) is 19.3. The number of thiophene rings is 1. The summed E-state index contributed by atoms with van der Waals surface area (Å²) >= 11 is 1.69. The first-order chi connectivity index (χ1) is 13.7. The molecule has 1 aliphatic rings. The van der Waals surface area contributed by atoms with Crippen molar-refractivity contribution in [1.82, 2.24) is 9.47 Å². The van der Waals surface area contributed by atoms with Gasteiger partial charge >= 0.3 is 0 Å². The van der Waals surface area contributed by atoms with E-state index in [1.807, 2.05) is 69.6 Å². The summed E-state index contributed by atoms with van der Waals surface area (Å²) in [6.45, 7) is 1.92. The molecule has 6 heteroatoms. The molecule has 5 nitrogen and oxygen atoms in total. The maximum atomic E-state index is 13.0. The molecular weight excluding hydrogens is 370 g/mol. The molecular formula is C22H23N3O2S. The molecule has 0 spiro atoms. The number of carbonyl (C=O) groups excluding carboxylic acids is 2. The van der Waals surface area contributed by atoms with E-state index in [1.54, 1.807) is 11.3 Å². The lowest BCUT2D eigenvalue weighted by Crippen LogP contribution is -2.42. The molecule has 0 bridgehead atoms. The van der Waals surface area contributed by atoms with Crippen molar-refractivity contribution in [3.63, 3.8) is 0 Å². The Hall–Kier alpha value is -2.86. The van der Waals surface area contributed by atoms with Gasteiger partial charge in [-0.1, -0.05) is 24.3 Å². The SMILES string of the molecule is O=C(Nc1ccccc1)C1CCN(C(=O)c2cccn2Cc2cccs2)CC1. The van der Waals surface area contributed by atoms with Crippen molar-refractivity contribution in [1.29, 1.82) is 0 Å². The Morgan fingerprint density at radius 2 is 1.79 bits per heavy atom. The smallest absolute Gasteiger partial charge is 0.270 e. The van der Waals surface area contributed by atoms with Crippen LogP contribution in [0.25, 0.3) is 0 Å². The highest BCUT2D eigenvalue weighted by Gasteiger charge is 2.28. The summed E-state index contributed by atoms with van der Waals surface area (Å²) in [5, 5.41) is 5.02. The van der Waals surface area contributed by atoms with Crippen LogP contribution in [0.1, 0.15) is 28.2 Å². The number of rotatable bonds is 5. The van der Waals surface area contributed by atoms with Crippen LogP contribution in [0.5, 0.6) is 0 Å². The number of amides is 2. The highest BCUT2D eigenvalue weighted by molar-refractivity contribution is 7.09. The third kappa shape index (κ3) is 4.17. The molecule has 1 aliphatic heterocycles. The number of hydrogen-bond donors (Lipinski definition) is 1. The predicted octanol–water partition coefficient (Wildman–Crippen LogP) is 4.09.